The summed E-state index contributed by atoms with van der Waals surface area (Å²) in [5, 5.41) is 3.04. The van der Waals surface area contributed by atoms with Crippen molar-refractivity contribution in [1.82, 2.24) is 0 Å². The first-order chi connectivity index (χ1) is 17.1. The molecule has 5 rings (SSSR count). The predicted molar refractivity (Wildman–Crippen MR) is 135 cm³/mol. The monoisotopic (exact) mass is 475 g/mol. The lowest BCUT2D eigenvalue weighted by Crippen LogP contribution is -2.38. The Morgan fingerprint density at radius 1 is 0.800 bits per heavy atom. The molecule has 182 valence electrons. The third-order valence-corrected chi connectivity index (χ3v) is 6.36. The Morgan fingerprint density at radius 2 is 1.46 bits per heavy atom. The van der Waals surface area contributed by atoms with E-state index >= 15 is 0 Å². The van der Waals surface area contributed by atoms with Crippen LogP contribution in [0.1, 0.15) is 27.8 Å². The molecule has 2 aliphatic rings. The molecule has 0 aliphatic carbocycles. The van der Waals surface area contributed by atoms with Gasteiger partial charge in [-0.2, -0.15) is 0 Å². The van der Waals surface area contributed by atoms with Crippen LogP contribution in [0.3, 0.4) is 0 Å². The third kappa shape index (κ3) is 5.23. The maximum Gasteiger partial charge on any atom is 0.291 e. The van der Waals surface area contributed by atoms with Gasteiger partial charge in [0.15, 0.2) is 11.5 Å². The second-order valence-corrected chi connectivity index (χ2v) is 8.65. The molecule has 35 heavy (non-hydrogen) atoms. The molecular formula is C27H29N3O5. The van der Waals surface area contributed by atoms with Crippen molar-refractivity contribution in [3.8, 4) is 11.3 Å². The van der Waals surface area contributed by atoms with Crippen molar-refractivity contribution in [2.45, 2.75) is 6.92 Å². The quantitative estimate of drug-likeness (QED) is 0.538. The van der Waals surface area contributed by atoms with Gasteiger partial charge in [-0.1, -0.05) is 24.3 Å². The van der Waals surface area contributed by atoms with Crippen LogP contribution in [0.15, 0.2) is 59.0 Å². The second-order valence-electron chi connectivity index (χ2n) is 8.65. The van der Waals surface area contributed by atoms with E-state index in [1.54, 1.807) is 24.3 Å². The number of ether oxygens (including phenoxy) is 2. The molecule has 3 heterocycles. The topological polar surface area (TPSA) is 84.2 Å². The number of benzene rings is 2. The lowest BCUT2D eigenvalue weighted by molar-refractivity contribution is 0.0994. The van der Waals surface area contributed by atoms with Crippen LogP contribution >= 0.6 is 0 Å². The number of nitrogens with zero attached hydrogens (tertiary/aromatic N) is 2. The predicted octanol–water partition coefficient (Wildman–Crippen LogP) is 4.07. The molecule has 0 radical (unpaired) electrons. The van der Waals surface area contributed by atoms with Gasteiger partial charge in [0.1, 0.15) is 5.76 Å². The molecule has 0 unspecified atom stereocenters. The number of ketones is 1. The first kappa shape index (κ1) is 23.1. The zero-order valence-corrected chi connectivity index (χ0v) is 19.8. The summed E-state index contributed by atoms with van der Waals surface area (Å²) in [5.74, 6) is 0.485. The van der Waals surface area contributed by atoms with Gasteiger partial charge in [-0.3, -0.25) is 9.59 Å². The molecule has 8 nitrogen and oxygen atoms in total. The molecule has 2 fully saturated rings. The number of nitrogens with one attached hydrogen (secondary N) is 1. The van der Waals surface area contributed by atoms with E-state index in [1.165, 1.54) is 6.92 Å². The number of furan rings is 1. The molecule has 8 heteroatoms. The number of hydrogen-bond acceptors (Lipinski definition) is 7. The molecule has 0 atom stereocenters. The summed E-state index contributed by atoms with van der Waals surface area (Å²) < 4.78 is 16.9. The van der Waals surface area contributed by atoms with E-state index in [1.807, 2.05) is 24.3 Å². The molecule has 1 N–H and O–H groups in total. The van der Waals surface area contributed by atoms with Gasteiger partial charge in [0.25, 0.3) is 5.91 Å². The Hall–Kier alpha value is -3.62. The minimum absolute atomic E-state index is 0.00627. The van der Waals surface area contributed by atoms with E-state index < -0.39 is 0 Å². The molecule has 0 spiro atoms. The van der Waals surface area contributed by atoms with Crippen LogP contribution in [0, 0.1) is 0 Å². The Bertz CT molecular complexity index is 1190. The fourth-order valence-electron chi connectivity index (χ4n) is 4.38. The Morgan fingerprint density at radius 3 is 2.11 bits per heavy atom. The fraction of sp³-hybridized carbons (Fsp3) is 0.333. The van der Waals surface area contributed by atoms with Crippen molar-refractivity contribution in [1.29, 1.82) is 0 Å². The van der Waals surface area contributed by atoms with Crippen LogP contribution in [-0.4, -0.2) is 64.3 Å². The first-order valence-corrected chi connectivity index (χ1v) is 11.9. The number of amides is 1. The van der Waals surface area contributed by atoms with Gasteiger partial charge in [0.2, 0.25) is 0 Å². The standard InChI is InChI=1S/C27H29N3O5/c1-19(31)20-2-4-21(5-3-20)25-8-9-26(35-25)27(32)28-23-7-6-22(29-10-14-33-15-11-29)18-24(23)30-12-16-34-17-13-30/h2-9,18H,10-17H2,1H3,(H,28,32). The van der Waals surface area contributed by atoms with E-state index in [2.05, 4.69) is 21.2 Å². The highest BCUT2D eigenvalue weighted by Gasteiger charge is 2.21. The number of hydrogen-bond donors (Lipinski definition) is 1. The highest BCUT2D eigenvalue weighted by molar-refractivity contribution is 6.04. The molecule has 1 amide bonds. The fourth-order valence-corrected chi connectivity index (χ4v) is 4.38. The first-order valence-electron chi connectivity index (χ1n) is 11.9. The third-order valence-electron chi connectivity index (χ3n) is 6.36. The van der Waals surface area contributed by atoms with Gasteiger partial charge in [0.05, 0.1) is 37.8 Å². The van der Waals surface area contributed by atoms with Crippen molar-refractivity contribution < 1.29 is 23.5 Å². The van der Waals surface area contributed by atoms with Crippen LogP contribution in [-0.2, 0) is 9.47 Å². The Labute approximate surface area is 204 Å². The summed E-state index contributed by atoms with van der Waals surface area (Å²) in [7, 11) is 0. The van der Waals surface area contributed by atoms with Crippen LogP contribution < -0.4 is 15.1 Å². The molecule has 2 aromatic carbocycles. The van der Waals surface area contributed by atoms with Crippen LogP contribution in [0.4, 0.5) is 17.1 Å². The summed E-state index contributed by atoms with van der Waals surface area (Å²) in [5.41, 5.74) is 4.25. The SMILES string of the molecule is CC(=O)c1ccc(-c2ccc(C(=O)Nc3ccc(N4CCOCC4)cc3N3CCOCC3)o2)cc1. The minimum Gasteiger partial charge on any atom is -0.451 e. The zero-order valence-electron chi connectivity index (χ0n) is 19.8. The second kappa shape index (κ2) is 10.3. The lowest BCUT2D eigenvalue weighted by Gasteiger charge is -2.33. The van der Waals surface area contributed by atoms with Crippen LogP contribution in [0.2, 0.25) is 0 Å². The number of carbonyl (C=O) groups is 2. The summed E-state index contributed by atoms with van der Waals surface area (Å²) in [6.07, 6.45) is 0. The van der Waals surface area contributed by atoms with Crippen LogP contribution in [0.25, 0.3) is 11.3 Å². The largest absolute Gasteiger partial charge is 0.451 e. The average Bonchev–Trinajstić information content (AvgIpc) is 3.41. The lowest BCUT2D eigenvalue weighted by atomic mass is 10.1. The van der Waals surface area contributed by atoms with Crippen LogP contribution in [0.5, 0.6) is 0 Å². The zero-order chi connectivity index (χ0) is 24.2. The smallest absolute Gasteiger partial charge is 0.291 e. The molecule has 2 aliphatic heterocycles. The molecule has 1 aromatic heterocycles. The van der Waals surface area contributed by atoms with Gasteiger partial charge in [0, 0.05) is 43.0 Å². The normalized spacial score (nSPS) is 16.3. The molecule has 0 bridgehead atoms. The van der Waals surface area contributed by atoms with Crippen molar-refractivity contribution in [2.75, 3.05) is 67.7 Å². The van der Waals surface area contributed by atoms with Gasteiger partial charge in [-0.05, 0) is 37.3 Å². The molecule has 2 saturated heterocycles. The van der Waals surface area contributed by atoms with E-state index in [9.17, 15) is 9.59 Å². The van der Waals surface area contributed by atoms with Crippen molar-refractivity contribution >= 4 is 28.8 Å². The summed E-state index contributed by atoms with van der Waals surface area (Å²) in [6, 6.07) is 16.7. The summed E-state index contributed by atoms with van der Waals surface area (Å²) in [4.78, 5) is 29.2. The van der Waals surface area contributed by atoms with Gasteiger partial charge in [-0.25, -0.2) is 0 Å². The van der Waals surface area contributed by atoms with Gasteiger partial charge >= 0.3 is 0 Å². The number of carbonyl (C=O) groups excluding carboxylic acids is 2. The number of rotatable bonds is 6. The van der Waals surface area contributed by atoms with Crippen molar-refractivity contribution in [3.05, 3.63) is 65.9 Å². The molecular weight excluding hydrogens is 446 g/mol. The van der Waals surface area contributed by atoms with Gasteiger partial charge < -0.3 is 29.0 Å². The molecule has 0 saturated carbocycles. The van der Waals surface area contributed by atoms with E-state index in [0.29, 0.717) is 37.8 Å². The highest BCUT2D eigenvalue weighted by atomic mass is 16.5. The maximum atomic E-state index is 13.1. The van der Waals surface area contributed by atoms with E-state index in [0.717, 1.165) is 48.8 Å². The maximum absolute atomic E-state index is 13.1. The minimum atomic E-state index is -0.315. The number of morpholine rings is 2. The molecule has 3 aromatic rings. The number of anilines is 3. The highest BCUT2D eigenvalue weighted by Crippen LogP contribution is 2.33. The van der Waals surface area contributed by atoms with E-state index in [-0.39, 0.29) is 17.5 Å². The van der Waals surface area contributed by atoms with Crippen molar-refractivity contribution in [2.24, 2.45) is 0 Å². The van der Waals surface area contributed by atoms with E-state index in [4.69, 9.17) is 13.9 Å². The Balaban J connectivity index is 1.36. The average molecular weight is 476 g/mol. The summed E-state index contributed by atoms with van der Waals surface area (Å²) in [6.45, 7) is 7.47. The number of Topliss-reactive ketones (excluding diaryl/α,β-unsaturated/α-hetero) is 1. The van der Waals surface area contributed by atoms with Crippen molar-refractivity contribution in [3.63, 3.8) is 0 Å². The summed E-state index contributed by atoms with van der Waals surface area (Å²) >= 11 is 0. The van der Waals surface area contributed by atoms with Gasteiger partial charge in [-0.15, -0.1) is 0 Å². The Kier molecular flexibility index (Phi) is 6.83.